The number of carbonyl (C=O) groups excluding carboxylic acids is 1. The molecule has 2 rings (SSSR count). The van der Waals surface area contributed by atoms with Gasteiger partial charge in [-0.2, -0.15) is 0 Å². The van der Waals surface area contributed by atoms with Crippen molar-refractivity contribution < 1.29 is 19.4 Å². The fraction of sp³-hybridized carbons (Fsp3) is 0.278. The van der Waals surface area contributed by atoms with Crippen LogP contribution in [0.15, 0.2) is 36.4 Å². The van der Waals surface area contributed by atoms with Crippen LogP contribution in [-0.2, 0) is 0 Å². The number of aromatic carboxylic acids is 1. The molecule has 0 fully saturated rings. The Morgan fingerprint density at radius 1 is 1.20 bits per heavy atom. The summed E-state index contributed by atoms with van der Waals surface area (Å²) in [4.78, 5) is 28.9. The van der Waals surface area contributed by atoms with Crippen LogP contribution < -0.4 is 4.74 Å². The van der Waals surface area contributed by atoms with Crippen molar-refractivity contribution in [1.29, 1.82) is 0 Å². The van der Waals surface area contributed by atoms with Gasteiger partial charge in [0.15, 0.2) is 0 Å². The fourth-order valence-corrected chi connectivity index (χ4v) is 2.35. The molecule has 0 spiro atoms. The van der Waals surface area contributed by atoms with Crippen LogP contribution >= 0.6 is 11.6 Å². The Morgan fingerprint density at radius 3 is 2.48 bits per heavy atom. The van der Waals surface area contributed by atoms with E-state index in [1.165, 1.54) is 17.0 Å². The van der Waals surface area contributed by atoms with Crippen molar-refractivity contribution in [2.75, 3.05) is 20.2 Å². The molecule has 132 valence electrons. The van der Waals surface area contributed by atoms with Gasteiger partial charge in [0.1, 0.15) is 11.4 Å². The highest BCUT2D eigenvalue weighted by Gasteiger charge is 2.16. The van der Waals surface area contributed by atoms with E-state index in [9.17, 15) is 9.59 Å². The first-order chi connectivity index (χ1) is 11.9. The molecule has 0 radical (unpaired) electrons. The summed E-state index contributed by atoms with van der Waals surface area (Å²) in [5.41, 5.74) is 0.636. The summed E-state index contributed by atoms with van der Waals surface area (Å²) in [6.07, 6.45) is 0.650. The van der Waals surface area contributed by atoms with Crippen molar-refractivity contribution in [2.24, 2.45) is 0 Å². The van der Waals surface area contributed by atoms with Crippen LogP contribution in [0.25, 0.3) is 0 Å². The lowest BCUT2D eigenvalue weighted by Gasteiger charge is -2.17. The third-order valence-corrected chi connectivity index (χ3v) is 3.85. The van der Waals surface area contributed by atoms with E-state index < -0.39 is 5.97 Å². The van der Waals surface area contributed by atoms with E-state index in [-0.39, 0.29) is 17.2 Å². The number of carboxylic acid groups (broad SMARTS) is 1. The zero-order valence-electron chi connectivity index (χ0n) is 14.0. The second-order valence-corrected chi connectivity index (χ2v) is 5.95. The fourth-order valence-electron chi connectivity index (χ4n) is 2.23. The van der Waals surface area contributed by atoms with Gasteiger partial charge >= 0.3 is 5.97 Å². The standard InChI is InChI=1S/C18H19ClN2O4/c1-12-15(18(23)24)8-9-16(20-12)17(22)21(2)10-3-11-25-14-6-4-13(19)5-7-14/h4-9H,3,10-11H2,1-2H3,(H,23,24). The van der Waals surface area contributed by atoms with Gasteiger partial charge in [-0.05, 0) is 49.7 Å². The minimum Gasteiger partial charge on any atom is -0.494 e. The number of amides is 1. The maximum atomic E-state index is 12.3. The molecule has 1 aromatic heterocycles. The monoisotopic (exact) mass is 362 g/mol. The van der Waals surface area contributed by atoms with Gasteiger partial charge in [0, 0.05) is 18.6 Å². The molecule has 1 heterocycles. The summed E-state index contributed by atoms with van der Waals surface area (Å²) >= 11 is 5.81. The minimum absolute atomic E-state index is 0.0931. The smallest absolute Gasteiger partial charge is 0.337 e. The Kier molecular flexibility index (Phi) is 6.36. The van der Waals surface area contributed by atoms with Gasteiger partial charge in [0.25, 0.3) is 5.91 Å². The van der Waals surface area contributed by atoms with E-state index in [4.69, 9.17) is 21.4 Å². The Morgan fingerprint density at radius 2 is 1.88 bits per heavy atom. The van der Waals surface area contributed by atoms with Crippen molar-refractivity contribution in [3.8, 4) is 5.75 Å². The van der Waals surface area contributed by atoms with E-state index in [0.717, 1.165) is 5.75 Å². The molecule has 1 aromatic carbocycles. The Bertz CT molecular complexity index is 762. The third-order valence-electron chi connectivity index (χ3n) is 3.60. The number of rotatable bonds is 7. The summed E-state index contributed by atoms with van der Waals surface area (Å²) in [7, 11) is 1.67. The number of hydrogen-bond donors (Lipinski definition) is 1. The second-order valence-electron chi connectivity index (χ2n) is 5.52. The molecule has 25 heavy (non-hydrogen) atoms. The highest BCUT2D eigenvalue weighted by atomic mass is 35.5. The van der Waals surface area contributed by atoms with Gasteiger partial charge in [0.2, 0.25) is 0 Å². The summed E-state index contributed by atoms with van der Waals surface area (Å²) in [5.74, 6) is -0.594. The first kappa shape index (κ1) is 18.7. The van der Waals surface area contributed by atoms with Gasteiger partial charge in [0.05, 0.1) is 17.9 Å². The highest BCUT2D eigenvalue weighted by Crippen LogP contribution is 2.15. The second kappa shape index (κ2) is 8.48. The number of carbonyl (C=O) groups is 2. The molecule has 0 bridgehead atoms. The predicted molar refractivity (Wildman–Crippen MR) is 94.5 cm³/mol. The number of hydrogen-bond acceptors (Lipinski definition) is 4. The maximum absolute atomic E-state index is 12.3. The quantitative estimate of drug-likeness (QED) is 0.764. The summed E-state index contributed by atoms with van der Waals surface area (Å²) in [6, 6.07) is 9.90. The largest absolute Gasteiger partial charge is 0.494 e. The summed E-state index contributed by atoms with van der Waals surface area (Å²) in [6.45, 7) is 2.53. The minimum atomic E-state index is -1.06. The molecule has 1 N–H and O–H groups in total. The lowest BCUT2D eigenvalue weighted by Crippen LogP contribution is -2.29. The SMILES string of the molecule is Cc1nc(C(=O)N(C)CCCOc2ccc(Cl)cc2)ccc1C(=O)O. The van der Waals surface area contributed by atoms with Crippen LogP contribution in [0, 0.1) is 6.92 Å². The molecule has 6 nitrogen and oxygen atoms in total. The number of aryl methyl sites for hydroxylation is 1. The average molecular weight is 363 g/mol. The molecular weight excluding hydrogens is 344 g/mol. The van der Waals surface area contributed by atoms with Gasteiger partial charge in [-0.15, -0.1) is 0 Å². The van der Waals surface area contributed by atoms with Gasteiger partial charge in [-0.25, -0.2) is 9.78 Å². The van der Waals surface area contributed by atoms with E-state index in [1.807, 2.05) is 0 Å². The normalized spacial score (nSPS) is 10.4. The molecule has 0 saturated heterocycles. The number of carboxylic acids is 1. The topological polar surface area (TPSA) is 79.7 Å². The molecular formula is C18H19ClN2O4. The van der Waals surface area contributed by atoms with E-state index in [2.05, 4.69) is 4.98 Å². The Balaban J connectivity index is 1.84. The van der Waals surface area contributed by atoms with Crippen LogP contribution in [0.3, 0.4) is 0 Å². The number of halogens is 1. The summed E-state index contributed by atoms with van der Waals surface area (Å²) in [5, 5.41) is 9.65. The number of nitrogens with zero attached hydrogens (tertiary/aromatic N) is 2. The van der Waals surface area contributed by atoms with Gasteiger partial charge < -0.3 is 14.7 Å². The van der Waals surface area contributed by atoms with E-state index >= 15 is 0 Å². The van der Waals surface area contributed by atoms with E-state index in [1.54, 1.807) is 38.2 Å². The van der Waals surface area contributed by atoms with Crippen LogP contribution in [0.1, 0.15) is 33.0 Å². The van der Waals surface area contributed by atoms with Crippen molar-refractivity contribution in [3.05, 3.63) is 58.4 Å². The predicted octanol–water partition coefficient (Wildman–Crippen LogP) is 3.28. The van der Waals surface area contributed by atoms with Gasteiger partial charge in [-0.3, -0.25) is 4.79 Å². The zero-order valence-corrected chi connectivity index (χ0v) is 14.8. The van der Waals surface area contributed by atoms with Crippen molar-refractivity contribution in [1.82, 2.24) is 9.88 Å². The van der Waals surface area contributed by atoms with Crippen LogP contribution in [0.2, 0.25) is 5.02 Å². The van der Waals surface area contributed by atoms with Crippen molar-refractivity contribution >= 4 is 23.5 Å². The van der Waals surface area contributed by atoms with Crippen LogP contribution in [-0.4, -0.2) is 47.1 Å². The van der Waals surface area contributed by atoms with Gasteiger partial charge in [-0.1, -0.05) is 11.6 Å². The molecule has 0 aliphatic heterocycles. The Labute approximate surface area is 151 Å². The summed E-state index contributed by atoms with van der Waals surface area (Å²) < 4.78 is 5.58. The number of pyridine rings is 1. The first-order valence-electron chi connectivity index (χ1n) is 7.73. The molecule has 1 amide bonds. The molecule has 0 saturated carbocycles. The number of ether oxygens (including phenoxy) is 1. The number of benzene rings is 1. The number of aromatic nitrogens is 1. The van der Waals surface area contributed by atoms with Crippen molar-refractivity contribution in [2.45, 2.75) is 13.3 Å². The first-order valence-corrected chi connectivity index (χ1v) is 8.11. The average Bonchev–Trinajstić information content (AvgIpc) is 2.59. The molecule has 7 heteroatoms. The third kappa shape index (κ3) is 5.19. The van der Waals surface area contributed by atoms with Crippen LogP contribution in [0.5, 0.6) is 5.75 Å². The lowest BCUT2D eigenvalue weighted by molar-refractivity contribution is 0.0693. The molecule has 0 atom stereocenters. The Hall–Kier alpha value is -2.60. The van der Waals surface area contributed by atoms with Crippen molar-refractivity contribution in [3.63, 3.8) is 0 Å². The van der Waals surface area contributed by atoms with E-state index in [0.29, 0.717) is 30.3 Å². The molecule has 0 aliphatic rings. The zero-order chi connectivity index (χ0) is 18.4. The molecule has 0 aliphatic carbocycles. The highest BCUT2D eigenvalue weighted by molar-refractivity contribution is 6.30. The van der Waals surface area contributed by atoms with Crippen LogP contribution in [0.4, 0.5) is 0 Å². The lowest BCUT2D eigenvalue weighted by atomic mass is 10.2. The maximum Gasteiger partial charge on any atom is 0.337 e. The molecule has 2 aromatic rings. The molecule has 0 unspecified atom stereocenters.